The number of hydrogen-bond acceptors (Lipinski definition) is 4. The van der Waals surface area contributed by atoms with Crippen LogP contribution in [0.25, 0.3) is 0 Å². The van der Waals surface area contributed by atoms with Crippen LogP contribution in [0.2, 0.25) is 0 Å². The lowest BCUT2D eigenvalue weighted by atomic mass is 10.2. The number of likely N-dealkylation sites (tertiary alicyclic amines) is 1. The first kappa shape index (κ1) is 16.7. The molecule has 1 saturated heterocycles. The molecule has 1 atom stereocenters. The smallest absolute Gasteiger partial charge is 0.146 e. The van der Waals surface area contributed by atoms with Gasteiger partial charge in [-0.15, -0.1) is 10.2 Å². The first-order valence-corrected chi connectivity index (χ1v) is 9.15. The Hall–Kier alpha value is -1.79. The van der Waals surface area contributed by atoms with Crippen LogP contribution in [0.5, 0.6) is 0 Å². The summed E-state index contributed by atoms with van der Waals surface area (Å²) in [6.07, 6.45) is 3.64. The summed E-state index contributed by atoms with van der Waals surface area (Å²) in [6, 6.07) is 7.43. The molecular weight excluding hydrogens is 317 g/mol. The molecule has 0 unspecified atom stereocenters. The van der Waals surface area contributed by atoms with Crippen LogP contribution in [0.3, 0.4) is 0 Å². The number of likely N-dealkylation sites (N-methyl/N-ethyl adjacent to an activating group) is 1. The molecular formula is C19H26FN5. The Morgan fingerprint density at radius 3 is 2.84 bits per heavy atom. The van der Waals surface area contributed by atoms with E-state index in [1.165, 1.54) is 18.9 Å². The van der Waals surface area contributed by atoms with E-state index in [-0.39, 0.29) is 5.82 Å². The van der Waals surface area contributed by atoms with Crippen molar-refractivity contribution in [3.05, 3.63) is 47.3 Å². The lowest BCUT2D eigenvalue weighted by Crippen LogP contribution is -2.34. The standard InChI is InChI=1S/C19H26FN5/c1-23(13-18-21-22-19(24(18)2)15-6-7-15)17-8-9-25(12-17)11-14-4-3-5-16(20)10-14/h3-5,10,15,17H,6-9,11-13H2,1-2H3/t17-/m1/s1. The molecule has 0 amide bonds. The minimum atomic E-state index is -0.154. The fraction of sp³-hybridized carbons (Fsp3) is 0.579. The quantitative estimate of drug-likeness (QED) is 0.808. The third-order valence-corrected chi connectivity index (χ3v) is 5.50. The van der Waals surface area contributed by atoms with E-state index >= 15 is 0 Å². The molecule has 2 fully saturated rings. The van der Waals surface area contributed by atoms with Crippen molar-refractivity contribution < 1.29 is 4.39 Å². The number of hydrogen-bond donors (Lipinski definition) is 0. The van der Waals surface area contributed by atoms with Gasteiger partial charge in [0.05, 0.1) is 6.54 Å². The minimum absolute atomic E-state index is 0.154. The summed E-state index contributed by atoms with van der Waals surface area (Å²) in [7, 11) is 4.25. The molecule has 0 spiro atoms. The molecule has 4 rings (SSSR count). The molecule has 2 aromatic rings. The van der Waals surface area contributed by atoms with Gasteiger partial charge < -0.3 is 4.57 Å². The summed E-state index contributed by atoms with van der Waals surface area (Å²) in [5.41, 5.74) is 1.05. The Bertz CT molecular complexity index is 739. The minimum Gasteiger partial charge on any atom is -0.317 e. The Labute approximate surface area is 148 Å². The number of rotatable bonds is 6. The summed E-state index contributed by atoms with van der Waals surface area (Å²) < 4.78 is 15.5. The number of benzene rings is 1. The first-order valence-electron chi connectivity index (χ1n) is 9.15. The van der Waals surface area contributed by atoms with Crippen molar-refractivity contribution in [2.75, 3.05) is 20.1 Å². The van der Waals surface area contributed by atoms with Gasteiger partial charge in [-0.1, -0.05) is 12.1 Å². The van der Waals surface area contributed by atoms with Crippen LogP contribution in [0.1, 0.15) is 42.4 Å². The second-order valence-electron chi connectivity index (χ2n) is 7.53. The van der Waals surface area contributed by atoms with Gasteiger partial charge >= 0.3 is 0 Å². The lowest BCUT2D eigenvalue weighted by Gasteiger charge is -2.24. The zero-order valence-corrected chi connectivity index (χ0v) is 15.0. The maximum atomic E-state index is 13.3. The lowest BCUT2D eigenvalue weighted by molar-refractivity contribution is 0.216. The van der Waals surface area contributed by atoms with Crippen molar-refractivity contribution in [2.24, 2.45) is 7.05 Å². The summed E-state index contributed by atoms with van der Waals surface area (Å²) in [6.45, 7) is 3.71. The first-order chi connectivity index (χ1) is 12.1. The largest absolute Gasteiger partial charge is 0.317 e. The molecule has 1 saturated carbocycles. The van der Waals surface area contributed by atoms with Gasteiger partial charge in [0.25, 0.3) is 0 Å². The van der Waals surface area contributed by atoms with E-state index in [2.05, 4.69) is 38.7 Å². The SMILES string of the molecule is CN(Cc1nnc(C2CC2)n1C)[C@@H]1CCN(Cc2cccc(F)c2)C1. The second-order valence-corrected chi connectivity index (χ2v) is 7.53. The zero-order valence-electron chi connectivity index (χ0n) is 15.0. The highest BCUT2D eigenvalue weighted by atomic mass is 19.1. The number of aromatic nitrogens is 3. The third kappa shape index (κ3) is 3.75. The fourth-order valence-electron chi connectivity index (χ4n) is 3.77. The van der Waals surface area contributed by atoms with E-state index in [0.717, 1.165) is 49.8 Å². The summed E-state index contributed by atoms with van der Waals surface area (Å²) >= 11 is 0. The number of nitrogens with zero attached hydrogens (tertiary/aromatic N) is 5. The van der Waals surface area contributed by atoms with Crippen LogP contribution < -0.4 is 0 Å². The van der Waals surface area contributed by atoms with Crippen LogP contribution in [0, 0.1) is 5.82 Å². The van der Waals surface area contributed by atoms with E-state index in [1.54, 1.807) is 12.1 Å². The molecule has 0 bridgehead atoms. The topological polar surface area (TPSA) is 37.2 Å². The molecule has 0 radical (unpaired) electrons. The van der Waals surface area contributed by atoms with Gasteiger partial charge in [0.1, 0.15) is 17.5 Å². The van der Waals surface area contributed by atoms with Crippen LogP contribution >= 0.6 is 0 Å². The highest BCUT2D eigenvalue weighted by Crippen LogP contribution is 2.38. The van der Waals surface area contributed by atoms with Crippen LogP contribution in [0.15, 0.2) is 24.3 Å². The maximum Gasteiger partial charge on any atom is 0.146 e. The predicted octanol–water partition coefficient (Wildman–Crippen LogP) is 2.54. The fourth-order valence-corrected chi connectivity index (χ4v) is 3.77. The Balaban J connectivity index is 1.33. The van der Waals surface area contributed by atoms with Crippen molar-refractivity contribution in [1.29, 1.82) is 0 Å². The Kier molecular flexibility index (Phi) is 4.56. The molecule has 134 valence electrons. The maximum absolute atomic E-state index is 13.3. The summed E-state index contributed by atoms with van der Waals surface area (Å²) in [4.78, 5) is 4.79. The molecule has 1 aliphatic carbocycles. The van der Waals surface area contributed by atoms with E-state index in [0.29, 0.717) is 12.0 Å². The summed E-state index contributed by atoms with van der Waals surface area (Å²) in [5, 5.41) is 8.78. The van der Waals surface area contributed by atoms with Gasteiger partial charge in [-0.3, -0.25) is 9.80 Å². The molecule has 1 aromatic heterocycles. The number of halogens is 1. The van der Waals surface area contributed by atoms with Crippen LogP contribution in [-0.2, 0) is 20.1 Å². The van der Waals surface area contributed by atoms with Crippen molar-refractivity contribution >= 4 is 0 Å². The van der Waals surface area contributed by atoms with Gasteiger partial charge in [0, 0.05) is 38.6 Å². The molecule has 0 N–H and O–H groups in total. The highest BCUT2D eigenvalue weighted by molar-refractivity contribution is 5.16. The molecule has 2 aliphatic rings. The molecule has 1 aliphatic heterocycles. The van der Waals surface area contributed by atoms with Crippen LogP contribution in [-0.4, -0.2) is 50.7 Å². The Morgan fingerprint density at radius 1 is 1.24 bits per heavy atom. The van der Waals surface area contributed by atoms with Gasteiger partial charge in [0.15, 0.2) is 0 Å². The zero-order chi connectivity index (χ0) is 17.4. The van der Waals surface area contributed by atoms with Gasteiger partial charge in [-0.05, 0) is 44.0 Å². The van der Waals surface area contributed by atoms with E-state index < -0.39 is 0 Å². The third-order valence-electron chi connectivity index (χ3n) is 5.50. The molecule has 1 aromatic carbocycles. The summed E-state index contributed by atoms with van der Waals surface area (Å²) in [5.74, 6) is 2.67. The van der Waals surface area contributed by atoms with Crippen molar-refractivity contribution in [1.82, 2.24) is 24.6 Å². The van der Waals surface area contributed by atoms with Crippen molar-refractivity contribution in [3.63, 3.8) is 0 Å². The van der Waals surface area contributed by atoms with Crippen molar-refractivity contribution in [3.8, 4) is 0 Å². The average Bonchev–Trinajstić information content (AvgIpc) is 3.21. The molecule has 6 heteroatoms. The van der Waals surface area contributed by atoms with E-state index in [1.807, 2.05) is 6.07 Å². The van der Waals surface area contributed by atoms with Gasteiger partial charge in [-0.25, -0.2) is 4.39 Å². The predicted molar refractivity (Wildman–Crippen MR) is 94.5 cm³/mol. The Morgan fingerprint density at radius 2 is 2.08 bits per heavy atom. The average molecular weight is 343 g/mol. The van der Waals surface area contributed by atoms with Crippen molar-refractivity contribution in [2.45, 2.75) is 44.3 Å². The monoisotopic (exact) mass is 343 g/mol. The van der Waals surface area contributed by atoms with Crippen LogP contribution in [0.4, 0.5) is 4.39 Å². The van der Waals surface area contributed by atoms with Gasteiger partial charge in [0.2, 0.25) is 0 Å². The highest BCUT2D eigenvalue weighted by Gasteiger charge is 2.30. The molecule has 2 heterocycles. The van der Waals surface area contributed by atoms with Gasteiger partial charge in [-0.2, -0.15) is 0 Å². The normalized spacial score (nSPS) is 21.4. The molecule has 25 heavy (non-hydrogen) atoms. The second kappa shape index (κ2) is 6.84. The van der Waals surface area contributed by atoms with E-state index in [9.17, 15) is 4.39 Å². The molecule has 5 nitrogen and oxygen atoms in total. The van der Waals surface area contributed by atoms with E-state index in [4.69, 9.17) is 0 Å².